The molecule has 2 N–H and O–H groups in total. The minimum absolute atomic E-state index is 0. The zero-order chi connectivity index (χ0) is 20.4. The van der Waals surface area contributed by atoms with Gasteiger partial charge in [-0.25, -0.2) is 9.36 Å². The Bertz CT molecular complexity index is 995. The summed E-state index contributed by atoms with van der Waals surface area (Å²) in [5.74, 6) is -0.486. The van der Waals surface area contributed by atoms with Gasteiger partial charge in [0.2, 0.25) is 0 Å². The van der Waals surface area contributed by atoms with Crippen molar-refractivity contribution in [2.24, 2.45) is 12.8 Å². The molecule has 0 bridgehead atoms. The molecule has 0 unspecified atom stereocenters. The second-order valence-corrected chi connectivity index (χ2v) is 7.42. The van der Waals surface area contributed by atoms with Crippen molar-refractivity contribution in [3.63, 3.8) is 0 Å². The summed E-state index contributed by atoms with van der Waals surface area (Å²) >= 11 is 0. The molecule has 0 spiro atoms. The number of ether oxygens (including phenoxy) is 1. The number of carbonyl (C=O) groups excluding carboxylic acids is 1. The van der Waals surface area contributed by atoms with E-state index in [1.807, 2.05) is 0 Å². The molecule has 0 saturated heterocycles. The smallest absolute Gasteiger partial charge is 0.335 e. The van der Waals surface area contributed by atoms with E-state index in [9.17, 15) is 14.4 Å². The van der Waals surface area contributed by atoms with Gasteiger partial charge < -0.3 is 15.0 Å². The lowest BCUT2D eigenvalue weighted by molar-refractivity contribution is -0.148. The lowest BCUT2D eigenvalue weighted by Gasteiger charge is -2.20. The van der Waals surface area contributed by atoms with Crippen LogP contribution in [-0.2, 0) is 35.8 Å². The second-order valence-electron chi connectivity index (χ2n) is 7.42. The van der Waals surface area contributed by atoms with Crippen LogP contribution in [0.5, 0.6) is 0 Å². The minimum atomic E-state index is -0.819. The quantitative estimate of drug-likeness (QED) is 0.721. The number of nitrogens with two attached hydrogens (primary N) is 1. The SMILES string of the molecule is CC(C)OC(=O)[C@@H](N)Cc1ccc(-n2c(=O)c3c(n(C)c2=O)CCCC3)cn1.Cl. The highest BCUT2D eigenvalue weighted by molar-refractivity contribution is 5.85. The van der Waals surface area contributed by atoms with E-state index in [2.05, 4.69) is 4.98 Å². The predicted molar refractivity (Wildman–Crippen MR) is 112 cm³/mol. The summed E-state index contributed by atoms with van der Waals surface area (Å²) in [6.07, 6.45) is 4.80. The van der Waals surface area contributed by atoms with Crippen molar-refractivity contribution in [1.29, 1.82) is 0 Å². The molecule has 29 heavy (non-hydrogen) atoms. The van der Waals surface area contributed by atoms with E-state index in [-0.39, 0.29) is 36.2 Å². The van der Waals surface area contributed by atoms with E-state index in [0.717, 1.165) is 29.5 Å². The maximum absolute atomic E-state index is 12.9. The number of esters is 1. The van der Waals surface area contributed by atoms with Crippen molar-refractivity contribution in [3.05, 3.63) is 56.1 Å². The van der Waals surface area contributed by atoms with Gasteiger partial charge in [0.15, 0.2) is 0 Å². The van der Waals surface area contributed by atoms with E-state index in [1.54, 1.807) is 37.6 Å². The van der Waals surface area contributed by atoms with Crippen LogP contribution in [0.15, 0.2) is 27.9 Å². The van der Waals surface area contributed by atoms with Crippen molar-refractivity contribution in [2.45, 2.75) is 58.1 Å². The fourth-order valence-electron chi connectivity index (χ4n) is 3.50. The van der Waals surface area contributed by atoms with Gasteiger partial charge in [0, 0.05) is 30.4 Å². The first-order chi connectivity index (χ1) is 13.3. The highest BCUT2D eigenvalue weighted by Gasteiger charge is 2.21. The molecule has 2 heterocycles. The van der Waals surface area contributed by atoms with Gasteiger partial charge in [0.05, 0.1) is 18.0 Å². The Kier molecular flexibility index (Phi) is 7.37. The maximum atomic E-state index is 12.9. The van der Waals surface area contributed by atoms with Gasteiger partial charge in [-0.3, -0.25) is 14.6 Å². The van der Waals surface area contributed by atoms with Gasteiger partial charge in [-0.2, -0.15) is 0 Å². The molecule has 8 nitrogen and oxygen atoms in total. The summed E-state index contributed by atoms with van der Waals surface area (Å²) in [5.41, 5.74) is 7.74. The summed E-state index contributed by atoms with van der Waals surface area (Å²) in [4.78, 5) is 41.7. The van der Waals surface area contributed by atoms with Crippen molar-refractivity contribution in [1.82, 2.24) is 14.1 Å². The summed E-state index contributed by atoms with van der Waals surface area (Å²) in [7, 11) is 1.70. The molecule has 9 heteroatoms. The van der Waals surface area contributed by atoms with Crippen LogP contribution >= 0.6 is 12.4 Å². The first-order valence-corrected chi connectivity index (χ1v) is 9.54. The molecule has 3 rings (SSSR count). The number of halogens is 1. The average molecular weight is 423 g/mol. The van der Waals surface area contributed by atoms with Crippen LogP contribution in [0.2, 0.25) is 0 Å². The van der Waals surface area contributed by atoms with Crippen molar-refractivity contribution >= 4 is 18.4 Å². The third kappa shape index (κ3) is 4.76. The third-order valence-corrected chi connectivity index (χ3v) is 4.93. The zero-order valence-corrected chi connectivity index (χ0v) is 17.7. The minimum Gasteiger partial charge on any atom is -0.462 e. The summed E-state index contributed by atoms with van der Waals surface area (Å²) in [5, 5.41) is 0. The zero-order valence-electron chi connectivity index (χ0n) is 16.9. The Morgan fingerprint density at radius 1 is 1.24 bits per heavy atom. The Labute approximate surface area is 175 Å². The Morgan fingerprint density at radius 2 is 1.93 bits per heavy atom. The lowest BCUT2D eigenvalue weighted by atomic mass is 9.97. The molecule has 0 amide bonds. The molecule has 2 aromatic rings. The molecule has 1 aliphatic rings. The van der Waals surface area contributed by atoms with Gasteiger partial charge in [-0.1, -0.05) is 0 Å². The number of pyridine rings is 1. The number of aromatic nitrogens is 3. The first-order valence-electron chi connectivity index (χ1n) is 9.54. The normalized spacial score (nSPS) is 14.1. The molecular weight excluding hydrogens is 396 g/mol. The van der Waals surface area contributed by atoms with Crippen LogP contribution < -0.4 is 17.0 Å². The number of hydrogen-bond acceptors (Lipinski definition) is 6. The maximum Gasteiger partial charge on any atom is 0.335 e. The molecule has 0 radical (unpaired) electrons. The summed E-state index contributed by atoms with van der Waals surface area (Å²) in [6.45, 7) is 3.52. The average Bonchev–Trinajstić information content (AvgIpc) is 2.67. The largest absolute Gasteiger partial charge is 0.462 e. The van der Waals surface area contributed by atoms with E-state index < -0.39 is 12.0 Å². The number of carbonyl (C=O) groups is 1. The molecule has 158 valence electrons. The molecule has 0 fully saturated rings. The van der Waals surface area contributed by atoms with Crippen LogP contribution in [-0.4, -0.2) is 32.2 Å². The second kappa shape index (κ2) is 9.37. The number of hydrogen-bond donors (Lipinski definition) is 1. The molecule has 0 saturated carbocycles. The van der Waals surface area contributed by atoms with Crippen LogP contribution in [0.4, 0.5) is 0 Å². The Balaban J connectivity index is 0.00000300. The highest BCUT2D eigenvalue weighted by atomic mass is 35.5. The fraction of sp³-hybridized carbons (Fsp3) is 0.500. The molecule has 0 aliphatic heterocycles. The Hall–Kier alpha value is -2.45. The summed E-state index contributed by atoms with van der Waals surface area (Å²) in [6, 6.07) is 2.50. The monoisotopic (exact) mass is 422 g/mol. The van der Waals surface area contributed by atoms with E-state index in [0.29, 0.717) is 23.4 Å². The molecule has 0 aromatic carbocycles. The molecular formula is C20H27ClN4O4. The van der Waals surface area contributed by atoms with Gasteiger partial charge >= 0.3 is 11.7 Å². The number of rotatable bonds is 5. The lowest BCUT2D eigenvalue weighted by Crippen LogP contribution is -2.42. The third-order valence-electron chi connectivity index (χ3n) is 4.93. The first kappa shape index (κ1) is 22.8. The standard InChI is InChI=1S/C20H26N4O4.ClH/c1-12(2)28-19(26)16(21)10-13-8-9-14(11-22-13)24-18(25)15-6-4-5-7-17(15)23(3)20(24)27;/h8-9,11-12,16H,4-7,10,21H2,1-3H3;1H/t16-;/m0./s1. The molecule has 1 atom stereocenters. The molecule has 1 aliphatic carbocycles. The van der Waals surface area contributed by atoms with E-state index in [4.69, 9.17) is 10.5 Å². The molecule has 2 aromatic heterocycles. The van der Waals surface area contributed by atoms with Gasteiger partial charge in [0.1, 0.15) is 6.04 Å². The van der Waals surface area contributed by atoms with Crippen LogP contribution in [0.1, 0.15) is 43.6 Å². The topological polar surface area (TPSA) is 109 Å². The van der Waals surface area contributed by atoms with Gasteiger partial charge in [-0.05, 0) is 51.7 Å². The number of nitrogens with zero attached hydrogens (tertiary/aromatic N) is 3. The van der Waals surface area contributed by atoms with Crippen LogP contribution in [0, 0.1) is 0 Å². The number of fused-ring (bicyclic) bond motifs is 1. The van der Waals surface area contributed by atoms with Gasteiger partial charge in [-0.15, -0.1) is 12.4 Å². The summed E-state index contributed by atoms with van der Waals surface area (Å²) < 4.78 is 7.81. The van der Waals surface area contributed by atoms with Crippen molar-refractivity contribution < 1.29 is 9.53 Å². The highest BCUT2D eigenvalue weighted by Crippen LogP contribution is 2.17. The van der Waals surface area contributed by atoms with Crippen LogP contribution in [0.25, 0.3) is 5.69 Å². The predicted octanol–water partition coefficient (Wildman–Crippen LogP) is 1.05. The Morgan fingerprint density at radius 3 is 2.55 bits per heavy atom. The fourth-order valence-corrected chi connectivity index (χ4v) is 3.50. The van der Waals surface area contributed by atoms with Crippen molar-refractivity contribution in [3.8, 4) is 5.69 Å². The van der Waals surface area contributed by atoms with Crippen molar-refractivity contribution in [2.75, 3.05) is 0 Å². The van der Waals surface area contributed by atoms with E-state index in [1.165, 1.54) is 6.20 Å². The van der Waals surface area contributed by atoms with E-state index >= 15 is 0 Å². The van der Waals surface area contributed by atoms with Gasteiger partial charge in [0.25, 0.3) is 5.56 Å². The van der Waals surface area contributed by atoms with Crippen LogP contribution in [0.3, 0.4) is 0 Å².